The van der Waals surface area contributed by atoms with Gasteiger partial charge in [0, 0.05) is 17.1 Å². The molecule has 1 nitrogen and oxygen atoms in total. The molecular weight excluding hydrogens is 172 g/mol. The minimum absolute atomic E-state index is 0.0421. The van der Waals surface area contributed by atoms with Gasteiger partial charge in [-0.25, -0.2) is 8.78 Å². The highest BCUT2D eigenvalue weighted by molar-refractivity contribution is 5.78. The molecule has 0 bridgehead atoms. The van der Waals surface area contributed by atoms with Gasteiger partial charge in [0.25, 0.3) is 6.43 Å². The molecule has 66 valence electrons. The number of nitrogens with zero attached hydrogens (tertiary/aromatic N) is 1. The van der Waals surface area contributed by atoms with E-state index in [9.17, 15) is 8.78 Å². The average Bonchev–Trinajstić information content (AvgIpc) is 2.17. The summed E-state index contributed by atoms with van der Waals surface area (Å²) in [7, 11) is 0. The van der Waals surface area contributed by atoms with Crippen LogP contribution < -0.4 is 0 Å². The first-order chi connectivity index (χ1) is 6.27. The van der Waals surface area contributed by atoms with E-state index in [2.05, 4.69) is 4.98 Å². The second-order valence-corrected chi connectivity index (χ2v) is 2.76. The molecule has 0 radical (unpaired) electrons. The van der Waals surface area contributed by atoms with Crippen molar-refractivity contribution in [1.29, 1.82) is 0 Å². The van der Waals surface area contributed by atoms with Crippen LogP contribution in [0.15, 0.2) is 36.5 Å². The van der Waals surface area contributed by atoms with Crippen LogP contribution >= 0.6 is 0 Å². The summed E-state index contributed by atoms with van der Waals surface area (Å²) in [6.07, 6.45) is -0.769. The van der Waals surface area contributed by atoms with Crippen LogP contribution in [-0.4, -0.2) is 4.98 Å². The molecule has 0 N–H and O–H groups in total. The summed E-state index contributed by atoms with van der Waals surface area (Å²) in [5, 5.41) is 0.750. The van der Waals surface area contributed by atoms with Crippen LogP contribution in [0.4, 0.5) is 8.78 Å². The van der Waals surface area contributed by atoms with Gasteiger partial charge in [0.05, 0.1) is 5.52 Å². The fourth-order valence-electron chi connectivity index (χ4n) is 1.23. The Labute approximate surface area is 74.0 Å². The van der Waals surface area contributed by atoms with Gasteiger partial charge in [-0.05, 0) is 18.2 Å². The number of hydrogen-bond donors (Lipinski definition) is 0. The molecular formula is C10H7F2N. The summed E-state index contributed by atoms with van der Waals surface area (Å²) in [5.41, 5.74) is 0.785. The summed E-state index contributed by atoms with van der Waals surface area (Å²) in [5.74, 6) is 0. The molecule has 0 aliphatic carbocycles. The first kappa shape index (κ1) is 8.10. The molecule has 0 aliphatic heterocycles. The smallest absolute Gasteiger partial charge is 0.256 e. The number of rotatable bonds is 1. The van der Waals surface area contributed by atoms with Crippen molar-refractivity contribution in [3.8, 4) is 0 Å². The van der Waals surface area contributed by atoms with E-state index < -0.39 is 6.43 Å². The third-order valence-corrected chi connectivity index (χ3v) is 1.88. The molecule has 1 aromatic carbocycles. The average molecular weight is 179 g/mol. The predicted molar refractivity (Wildman–Crippen MR) is 46.7 cm³/mol. The number of benzene rings is 1. The molecule has 0 unspecified atom stereocenters. The highest BCUT2D eigenvalue weighted by atomic mass is 19.3. The van der Waals surface area contributed by atoms with Crippen molar-refractivity contribution in [3.63, 3.8) is 0 Å². The Morgan fingerprint density at radius 3 is 2.77 bits per heavy atom. The van der Waals surface area contributed by atoms with Gasteiger partial charge >= 0.3 is 0 Å². The van der Waals surface area contributed by atoms with Crippen LogP contribution in [0.2, 0.25) is 0 Å². The minimum atomic E-state index is -2.41. The molecule has 1 aromatic heterocycles. The van der Waals surface area contributed by atoms with Crippen LogP contribution in [-0.2, 0) is 0 Å². The van der Waals surface area contributed by atoms with E-state index in [1.807, 2.05) is 0 Å². The zero-order chi connectivity index (χ0) is 9.26. The van der Waals surface area contributed by atoms with E-state index in [1.165, 1.54) is 12.1 Å². The van der Waals surface area contributed by atoms with Crippen molar-refractivity contribution in [3.05, 3.63) is 42.1 Å². The van der Waals surface area contributed by atoms with E-state index in [1.54, 1.807) is 24.4 Å². The van der Waals surface area contributed by atoms with Crippen LogP contribution in [0.3, 0.4) is 0 Å². The van der Waals surface area contributed by atoms with Gasteiger partial charge in [0.15, 0.2) is 0 Å². The monoisotopic (exact) mass is 179 g/mol. The summed E-state index contributed by atoms with van der Waals surface area (Å²) >= 11 is 0. The van der Waals surface area contributed by atoms with Crippen molar-refractivity contribution in [2.24, 2.45) is 0 Å². The Bertz CT molecular complexity index is 426. The molecule has 0 aliphatic rings. The van der Waals surface area contributed by atoms with Gasteiger partial charge in [-0.2, -0.15) is 0 Å². The summed E-state index contributed by atoms with van der Waals surface area (Å²) in [6.45, 7) is 0. The molecule has 0 saturated carbocycles. The standard InChI is InChI=1S/C10H7F2N/c11-10(12)8-3-4-9-7(6-8)2-1-5-13-9/h1-6,10H. The molecule has 0 atom stereocenters. The largest absolute Gasteiger partial charge is 0.263 e. The summed E-state index contributed by atoms with van der Waals surface area (Å²) in [4.78, 5) is 4.04. The lowest BCUT2D eigenvalue weighted by atomic mass is 10.1. The van der Waals surface area contributed by atoms with E-state index in [0.29, 0.717) is 0 Å². The van der Waals surface area contributed by atoms with E-state index >= 15 is 0 Å². The Morgan fingerprint density at radius 1 is 1.15 bits per heavy atom. The van der Waals surface area contributed by atoms with Crippen LogP contribution in [0.25, 0.3) is 10.9 Å². The van der Waals surface area contributed by atoms with Crippen molar-refractivity contribution < 1.29 is 8.78 Å². The normalized spacial score (nSPS) is 11.0. The molecule has 13 heavy (non-hydrogen) atoms. The van der Waals surface area contributed by atoms with Crippen LogP contribution in [0, 0.1) is 0 Å². The number of halogens is 2. The van der Waals surface area contributed by atoms with E-state index in [0.717, 1.165) is 10.9 Å². The molecule has 2 aromatic rings. The lowest BCUT2D eigenvalue weighted by molar-refractivity contribution is 0.151. The van der Waals surface area contributed by atoms with Crippen molar-refractivity contribution in [2.45, 2.75) is 6.43 Å². The maximum atomic E-state index is 12.3. The topological polar surface area (TPSA) is 12.9 Å². The Morgan fingerprint density at radius 2 is 2.00 bits per heavy atom. The number of hydrogen-bond acceptors (Lipinski definition) is 1. The lowest BCUT2D eigenvalue weighted by Crippen LogP contribution is -1.84. The zero-order valence-corrected chi connectivity index (χ0v) is 6.74. The molecule has 3 heteroatoms. The third kappa shape index (κ3) is 1.49. The second-order valence-electron chi connectivity index (χ2n) is 2.76. The number of alkyl halides is 2. The van der Waals surface area contributed by atoms with E-state index in [4.69, 9.17) is 0 Å². The van der Waals surface area contributed by atoms with Crippen molar-refractivity contribution >= 4 is 10.9 Å². The lowest BCUT2D eigenvalue weighted by Gasteiger charge is -2.00. The fourth-order valence-corrected chi connectivity index (χ4v) is 1.23. The zero-order valence-electron chi connectivity index (χ0n) is 6.74. The van der Waals surface area contributed by atoms with Crippen molar-refractivity contribution in [1.82, 2.24) is 4.98 Å². The maximum Gasteiger partial charge on any atom is 0.263 e. The number of pyridine rings is 1. The predicted octanol–water partition coefficient (Wildman–Crippen LogP) is 3.17. The Balaban J connectivity index is 2.62. The first-order valence-electron chi connectivity index (χ1n) is 3.90. The van der Waals surface area contributed by atoms with Gasteiger partial charge < -0.3 is 0 Å². The van der Waals surface area contributed by atoms with Crippen LogP contribution in [0.5, 0.6) is 0 Å². The number of fused-ring (bicyclic) bond motifs is 1. The number of aromatic nitrogens is 1. The highest BCUT2D eigenvalue weighted by Gasteiger charge is 2.06. The van der Waals surface area contributed by atoms with Gasteiger partial charge in [0.2, 0.25) is 0 Å². The van der Waals surface area contributed by atoms with Gasteiger partial charge in [0.1, 0.15) is 0 Å². The van der Waals surface area contributed by atoms with Crippen molar-refractivity contribution in [2.75, 3.05) is 0 Å². The molecule has 0 amide bonds. The highest BCUT2D eigenvalue weighted by Crippen LogP contribution is 2.22. The summed E-state index contributed by atoms with van der Waals surface area (Å²) in [6, 6.07) is 7.98. The summed E-state index contributed by atoms with van der Waals surface area (Å²) < 4.78 is 24.5. The van der Waals surface area contributed by atoms with E-state index in [-0.39, 0.29) is 5.56 Å². The SMILES string of the molecule is FC(F)c1ccc2ncccc2c1. The second kappa shape index (κ2) is 3.09. The quantitative estimate of drug-likeness (QED) is 0.655. The molecule has 2 rings (SSSR count). The third-order valence-electron chi connectivity index (χ3n) is 1.88. The first-order valence-corrected chi connectivity index (χ1v) is 3.90. The molecule has 0 saturated heterocycles. The Kier molecular flexibility index (Phi) is 1.93. The van der Waals surface area contributed by atoms with Gasteiger partial charge in [-0.3, -0.25) is 4.98 Å². The van der Waals surface area contributed by atoms with Gasteiger partial charge in [-0.1, -0.05) is 12.1 Å². The van der Waals surface area contributed by atoms with Gasteiger partial charge in [-0.15, -0.1) is 0 Å². The molecule has 1 heterocycles. The molecule has 0 spiro atoms. The maximum absolute atomic E-state index is 12.3. The Hall–Kier alpha value is -1.51. The molecule has 0 fully saturated rings. The fraction of sp³-hybridized carbons (Fsp3) is 0.100. The van der Waals surface area contributed by atoms with Crippen LogP contribution in [0.1, 0.15) is 12.0 Å². The minimum Gasteiger partial charge on any atom is -0.256 e.